The Morgan fingerprint density at radius 2 is 2.21 bits per heavy atom. The second kappa shape index (κ2) is 7.42. The largest absolute Gasteiger partial charge is 0.410 e. The molecule has 0 spiro atoms. The fraction of sp³-hybridized carbons (Fsp3) is 0.333. The van der Waals surface area contributed by atoms with Gasteiger partial charge >= 0.3 is 0 Å². The van der Waals surface area contributed by atoms with Crippen LogP contribution in [0.1, 0.15) is 35.0 Å². The Kier molecular flexibility index (Phi) is 4.75. The predicted octanol–water partition coefficient (Wildman–Crippen LogP) is 4.53. The van der Waals surface area contributed by atoms with Crippen molar-refractivity contribution in [3.63, 3.8) is 0 Å². The van der Waals surface area contributed by atoms with Gasteiger partial charge in [-0.15, -0.1) is 21.5 Å². The highest BCUT2D eigenvalue weighted by atomic mass is 32.2. The molecule has 4 aromatic heterocycles. The van der Waals surface area contributed by atoms with Crippen molar-refractivity contribution in [1.82, 2.24) is 19.6 Å². The predicted molar refractivity (Wildman–Crippen MR) is 115 cm³/mol. The van der Waals surface area contributed by atoms with Crippen molar-refractivity contribution < 1.29 is 4.42 Å². The van der Waals surface area contributed by atoms with Gasteiger partial charge in [-0.25, -0.2) is 4.98 Å². The van der Waals surface area contributed by atoms with E-state index in [1.54, 1.807) is 28.0 Å². The Bertz CT molecular complexity index is 1260. The second-order valence-corrected chi connectivity index (χ2v) is 9.65. The Morgan fingerprint density at radius 3 is 3.10 bits per heavy atom. The molecule has 0 N–H and O–H groups in total. The molecule has 0 radical (unpaired) electrons. The minimum Gasteiger partial charge on any atom is -0.410 e. The fourth-order valence-corrected chi connectivity index (χ4v) is 5.43. The van der Waals surface area contributed by atoms with Crippen LogP contribution in [0.5, 0.6) is 0 Å². The Hall–Kier alpha value is -2.45. The summed E-state index contributed by atoms with van der Waals surface area (Å²) in [7, 11) is 0. The number of pyridine rings is 1. The van der Waals surface area contributed by atoms with Gasteiger partial charge in [-0.1, -0.05) is 18.7 Å². The van der Waals surface area contributed by atoms with Crippen molar-refractivity contribution in [2.24, 2.45) is 5.92 Å². The third kappa shape index (κ3) is 3.74. The molecule has 0 saturated carbocycles. The zero-order valence-corrected chi connectivity index (χ0v) is 17.8. The molecule has 0 bridgehead atoms. The molecule has 1 aliphatic carbocycles. The molecular formula is C21H20N4O2S2. The first-order valence-corrected chi connectivity index (χ1v) is 11.4. The van der Waals surface area contributed by atoms with Crippen LogP contribution in [0.25, 0.3) is 16.4 Å². The van der Waals surface area contributed by atoms with E-state index < -0.39 is 0 Å². The smallest absolute Gasteiger partial charge is 0.277 e. The maximum atomic E-state index is 12.3. The van der Waals surface area contributed by atoms with E-state index in [2.05, 4.69) is 28.2 Å². The summed E-state index contributed by atoms with van der Waals surface area (Å²) in [6.07, 6.45) is 5.27. The highest BCUT2D eigenvalue weighted by Crippen LogP contribution is 2.37. The maximum absolute atomic E-state index is 12.3. The first-order valence-electron chi connectivity index (χ1n) is 9.62. The summed E-state index contributed by atoms with van der Waals surface area (Å²) < 4.78 is 7.42. The van der Waals surface area contributed by atoms with Crippen LogP contribution in [0.2, 0.25) is 0 Å². The highest BCUT2D eigenvalue weighted by Gasteiger charge is 2.21. The van der Waals surface area contributed by atoms with Crippen LogP contribution in [-0.2, 0) is 18.6 Å². The SMILES string of the molecule is Cc1ccn2c(=O)cc(CSc3nnc(-c4cc5c(s4)CC[C@@H](C)C5)o3)nc2c1. The van der Waals surface area contributed by atoms with Gasteiger partial charge < -0.3 is 4.42 Å². The lowest BCUT2D eigenvalue weighted by Gasteiger charge is -2.16. The van der Waals surface area contributed by atoms with E-state index in [9.17, 15) is 4.79 Å². The zero-order valence-electron chi connectivity index (χ0n) is 16.2. The van der Waals surface area contributed by atoms with E-state index in [-0.39, 0.29) is 5.56 Å². The van der Waals surface area contributed by atoms with Crippen molar-refractivity contribution in [2.75, 3.05) is 0 Å². The van der Waals surface area contributed by atoms with E-state index in [0.717, 1.165) is 29.2 Å². The number of nitrogens with zero attached hydrogens (tertiary/aromatic N) is 4. The summed E-state index contributed by atoms with van der Waals surface area (Å²) in [4.78, 5) is 19.4. The molecule has 0 amide bonds. The molecule has 0 aliphatic heterocycles. The number of rotatable bonds is 4. The van der Waals surface area contributed by atoms with E-state index in [4.69, 9.17) is 4.42 Å². The van der Waals surface area contributed by atoms with E-state index in [1.807, 2.05) is 19.1 Å². The topological polar surface area (TPSA) is 73.3 Å². The van der Waals surface area contributed by atoms with E-state index in [0.29, 0.717) is 28.2 Å². The average Bonchev–Trinajstić information content (AvgIpc) is 3.32. The lowest BCUT2D eigenvalue weighted by atomic mass is 9.90. The Morgan fingerprint density at radius 1 is 1.31 bits per heavy atom. The van der Waals surface area contributed by atoms with Gasteiger partial charge in [-0.05, 0) is 61.4 Å². The Labute approximate surface area is 176 Å². The summed E-state index contributed by atoms with van der Waals surface area (Å²) in [6, 6.07) is 7.56. The molecule has 4 aromatic rings. The van der Waals surface area contributed by atoms with Gasteiger partial charge in [0.25, 0.3) is 16.7 Å². The van der Waals surface area contributed by atoms with Crippen LogP contribution in [0, 0.1) is 12.8 Å². The van der Waals surface area contributed by atoms with Gasteiger partial charge in [-0.3, -0.25) is 9.20 Å². The van der Waals surface area contributed by atoms with Crippen LogP contribution in [0.3, 0.4) is 0 Å². The van der Waals surface area contributed by atoms with Gasteiger partial charge in [0.15, 0.2) is 0 Å². The second-order valence-electron chi connectivity index (χ2n) is 7.59. The third-order valence-electron chi connectivity index (χ3n) is 5.17. The number of hydrogen-bond donors (Lipinski definition) is 0. The molecule has 0 aromatic carbocycles. The van der Waals surface area contributed by atoms with Crippen molar-refractivity contribution in [3.8, 4) is 10.8 Å². The quantitative estimate of drug-likeness (QED) is 0.448. The highest BCUT2D eigenvalue weighted by molar-refractivity contribution is 7.98. The molecule has 8 heteroatoms. The zero-order chi connectivity index (χ0) is 20.0. The summed E-state index contributed by atoms with van der Waals surface area (Å²) in [5.41, 5.74) is 3.75. The number of hydrogen-bond acceptors (Lipinski definition) is 7. The molecule has 0 saturated heterocycles. The summed E-state index contributed by atoms with van der Waals surface area (Å²) in [5, 5.41) is 8.89. The average molecular weight is 425 g/mol. The minimum atomic E-state index is -0.0878. The van der Waals surface area contributed by atoms with E-state index in [1.165, 1.54) is 28.6 Å². The van der Waals surface area contributed by atoms with Crippen molar-refractivity contribution >= 4 is 28.7 Å². The number of thioether (sulfide) groups is 1. The van der Waals surface area contributed by atoms with Gasteiger partial charge in [0.1, 0.15) is 5.65 Å². The molecule has 148 valence electrons. The molecule has 0 fully saturated rings. The molecule has 4 heterocycles. The van der Waals surface area contributed by atoms with Crippen molar-refractivity contribution in [1.29, 1.82) is 0 Å². The Balaban J connectivity index is 1.33. The molecular weight excluding hydrogens is 404 g/mol. The minimum absolute atomic E-state index is 0.0878. The van der Waals surface area contributed by atoms with Crippen LogP contribution in [0.4, 0.5) is 0 Å². The number of fused-ring (bicyclic) bond motifs is 2. The lowest BCUT2D eigenvalue weighted by Crippen LogP contribution is -2.15. The number of aryl methyl sites for hydroxylation is 2. The molecule has 29 heavy (non-hydrogen) atoms. The lowest BCUT2D eigenvalue weighted by molar-refractivity contribution is 0.466. The van der Waals surface area contributed by atoms with Crippen molar-refractivity contribution in [2.45, 2.75) is 44.1 Å². The molecule has 5 rings (SSSR count). The first kappa shape index (κ1) is 18.6. The van der Waals surface area contributed by atoms with Crippen LogP contribution >= 0.6 is 23.1 Å². The molecule has 1 atom stereocenters. The fourth-order valence-electron chi connectivity index (χ4n) is 3.64. The molecule has 6 nitrogen and oxygen atoms in total. The first-order chi connectivity index (χ1) is 14.0. The van der Waals surface area contributed by atoms with Gasteiger partial charge in [0.2, 0.25) is 0 Å². The number of thiophene rings is 1. The van der Waals surface area contributed by atoms with Crippen LogP contribution < -0.4 is 5.56 Å². The maximum Gasteiger partial charge on any atom is 0.277 e. The van der Waals surface area contributed by atoms with Crippen LogP contribution in [0.15, 0.2) is 44.9 Å². The van der Waals surface area contributed by atoms with Crippen LogP contribution in [-0.4, -0.2) is 19.6 Å². The van der Waals surface area contributed by atoms with Gasteiger partial charge in [-0.2, -0.15) is 0 Å². The third-order valence-corrected chi connectivity index (χ3v) is 7.24. The summed E-state index contributed by atoms with van der Waals surface area (Å²) >= 11 is 3.16. The number of aromatic nitrogens is 4. The van der Waals surface area contributed by atoms with Gasteiger partial charge in [0, 0.05) is 22.9 Å². The van der Waals surface area contributed by atoms with E-state index >= 15 is 0 Å². The standard InChI is InChI=1S/C21H20N4O2S2/c1-12-3-4-16-14(7-12)9-17(29-16)20-23-24-21(27-20)28-11-15-10-19(26)25-6-5-13(2)8-18(25)22-15/h5-6,8-10,12H,3-4,7,11H2,1-2H3/t12-/m1/s1. The molecule has 1 aliphatic rings. The summed E-state index contributed by atoms with van der Waals surface area (Å²) in [5.74, 6) is 1.81. The monoisotopic (exact) mass is 424 g/mol. The normalized spacial score (nSPS) is 16.3. The van der Waals surface area contributed by atoms with Gasteiger partial charge in [0.05, 0.1) is 10.6 Å². The summed E-state index contributed by atoms with van der Waals surface area (Å²) in [6.45, 7) is 4.28. The van der Waals surface area contributed by atoms with Crippen molar-refractivity contribution in [3.05, 3.63) is 62.5 Å². The molecule has 0 unspecified atom stereocenters.